The van der Waals surface area contributed by atoms with Gasteiger partial charge in [-0.05, 0) is 62.1 Å². The van der Waals surface area contributed by atoms with E-state index in [-0.39, 0.29) is 83.9 Å². The van der Waals surface area contributed by atoms with Crippen molar-refractivity contribution in [3.8, 4) is 44.7 Å². The maximum atomic E-state index is 14.4. The molecule has 0 atom stereocenters. The summed E-state index contributed by atoms with van der Waals surface area (Å²) < 4.78 is 187. The second-order valence-corrected chi connectivity index (χ2v) is 21.1. The third-order valence-electron chi connectivity index (χ3n) is 10.8. The molecule has 75 heavy (non-hydrogen) atoms. The number of aromatic carboxylic acids is 1. The quantitative estimate of drug-likeness (QED) is 0.0986. The molecular formula is C41H21Cl6F14N9O3S2. The number of Topliss-reactive ketones (excluding diaryl/α,β-unsaturated/α-hetero) is 1. The second-order valence-electron chi connectivity index (χ2n) is 16.1. The highest BCUT2D eigenvalue weighted by Crippen LogP contribution is 2.56. The average molecular weight is 1230 g/mol. The van der Waals surface area contributed by atoms with Crippen molar-refractivity contribution in [1.29, 1.82) is 10.5 Å². The number of rotatable bonds is 10. The summed E-state index contributed by atoms with van der Waals surface area (Å²) in [6, 6.07) is 7.30. The molecular weight excluding hydrogens is 1210 g/mol. The molecule has 2 saturated carbocycles. The summed E-state index contributed by atoms with van der Waals surface area (Å²) in [5.41, 5.74) is -11.6. The smallest absolute Gasteiger partial charge is 0.435 e. The number of thiophene rings is 2. The number of aromatic nitrogens is 6. The molecule has 0 unspecified atom stereocenters. The first-order chi connectivity index (χ1) is 34.4. The van der Waals surface area contributed by atoms with Crippen molar-refractivity contribution in [1.82, 2.24) is 30.0 Å². The van der Waals surface area contributed by atoms with Crippen LogP contribution < -0.4 is 5.73 Å². The Balaban J connectivity index is 0.000000221. The lowest BCUT2D eigenvalue weighted by Gasteiger charge is -2.30. The fourth-order valence-corrected chi connectivity index (χ4v) is 10.2. The van der Waals surface area contributed by atoms with Crippen molar-refractivity contribution in [2.24, 2.45) is 11.1 Å². The Labute approximate surface area is 447 Å². The molecule has 2 fully saturated rings. The monoisotopic (exact) mass is 1230 g/mol. The Morgan fingerprint density at radius 3 is 1.21 bits per heavy atom. The molecule has 0 spiro atoms. The molecule has 0 amide bonds. The molecule has 4 heterocycles. The van der Waals surface area contributed by atoms with Gasteiger partial charge in [0.15, 0.2) is 5.78 Å². The summed E-state index contributed by atoms with van der Waals surface area (Å²) in [5, 5.41) is 38.2. The lowest BCUT2D eigenvalue weighted by molar-refractivity contribution is -0.349. The molecule has 2 aromatic carbocycles. The molecule has 2 aliphatic carbocycles. The molecule has 0 radical (unpaired) electrons. The summed E-state index contributed by atoms with van der Waals surface area (Å²) in [7, 11) is 0. The van der Waals surface area contributed by atoms with Crippen molar-refractivity contribution < 1.29 is 76.2 Å². The maximum absolute atomic E-state index is 14.4. The zero-order valence-electron chi connectivity index (χ0n) is 35.9. The number of nitrogens with zero attached hydrogens (tertiary/aromatic N) is 8. The predicted octanol–water partition coefficient (Wildman–Crippen LogP) is 15.1. The summed E-state index contributed by atoms with van der Waals surface area (Å²) >= 11 is 37.3. The zero-order valence-corrected chi connectivity index (χ0v) is 42.1. The highest BCUT2D eigenvalue weighted by Gasteiger charge is 2.74. The number of carboxylic acid groups (broad SMARTS) is 1. The van der Waals surface area contributed by atoms with E-state index in [1.807, 2.05) is 6.07 Å². The lowest BCUT2D eigenvalue weighted by atomic mass is 9.94. The average Bonchev–Trinajstić information content (AvgIpc) is 3.84. The van der Waals surface area contributed by atoms with Gasteiger partial charge in [-0.2, -0.15) is 63.2 Å². The number of nitriles is 2. The van der Waals surface area contributed by atoms with Crippen molar-refractivity contribution in [3.05, 3.63) is 99.8 Å². The van der Waals surface area contributed by atoms with Gasteiger partial charge in [-0.25, -0.2) is 22.9 Å². The first kappa shape index (κ1) is 59.2. The van der Waals surface area contributed by atoms with Crippen molar-refractivity contribution in [3.63, 3.8) is 0 Å². The Morgan fingerprint density at radius 1 is 0.600 bits per heavy atom. The molecule has 400 valence electrons. The summed E-state index contributed by atoms with van der Waals surface area (Å²) in [4.78, 5) is 24.3. The Kier molecular flexibility index (Phi) is 16.4. The Bertz CT molecular complexity index is 3220. The minimum atomic E-state index is -6.35. The van der Waals surface area contributed by atoms with E-state index in [0.717, 1.165) is 51.1 Å². The zero-order chi connectivity index (χ0) is 56.4. The molecule has 0 aliphatic heterocycles. The van der Waals surface area contributed by atoms with Crippen LogP contribution in [0, 0.1) is 28.1 Å². The van der Waals surface area contributed by atoms with E-state index >= 15 is 0 Å². The number of carbonyl (C=O) groups is 2. The number of benzene rings is 2. The van der Waals surface area contributed by atoms with Crippen LogP contribution >= 0.6 is 92.3 Å². The molecule has 8 rings (SSSR count). The Hall–Kier alpha value is -5.04. The highest BCUT2D eigenvalue weighted by molar-refractivity contribution is 7.20. The van der Waals surface area contributed by atoms with E-state index < -0.39 is 84.2 Å². The van der Waals surface area contributed by atoms with Crippen LogP contribution in [-0.2, 0) is 11.3 Å². The predicted molar refractivity (Wildman–Crippen MR) is 244 cm³/mol. The number of hydrogen-bond donors (Lipinski definition) is 2. The van der Waals surface area contributed by atoms with Crippen molar-refractivity contribution in [2.75, 3.05) is 0 Å². The molecule has 12 nitrogen and oxygen atoms in total. The van der Waals surface area contributed by atoms with Gasteiger partial charge in [0.05, 0.1) is 65.4 Å². The normalized spacial score (nSPS) is 15.2. The largest absolute Gasteiger partial charge is 0.478 e. The van der Waals surface area contributed by atoms with E-state index in [2.05, 4.69) is 26.7 Å². The van der Waals surface area contributed by atoms with Gasteiger partial charge in [0, 0.05) is 23.1 Å². The summed E-state index contributed by atoms with van der Waals surface area (Å²) in [5.74, 6) is -1.65. The van der Waals surface area contributed by atoms with Crippen LogP contribution in [0.3, 0.4) is 0 Å². The molecule has 0 bridgehead atoms. The van der Waals surface area contributed by atoms with E-state index in [4.69, 9.17) is 85.7 Å². The third kappa shape index (κ3) is 11.8. The topological polar surface area (TPSA) is 189 Å². The van der Waals surface area contributed by atoms with Crippen molar-refractivity contribution >= 4 is 104 Å². The van der Waals surface area contributed by atoms with E-state index in [9.17, 15) is 76.3 Å². The summed E-state index contributed by atoms with van der Waals surface area (Å²) in [6.45, 7) is 0. The van der Waals surface area contributed by atoms with Crippen LogP contribution in [0.2, 0.25) is 28.8 Å². The van der Waals surface area contributed by atoms with Crippen LogP contribution in [0.4, 0.5) is 61.5 Å². The molecule has 3 N–H and O–H groups in total. The molecule has 2 aliphatic rings. The summed E-state index contributed by atoms with van der Waals surface area (Å²) in [6.07, 6.45) is -20.1. The number of ketones is 1. The van der Waals surface area contributed by atoms with Crippen LogP contribution in [0.5, 0.6) is 0 Å². The number of carbonyl (C=O) groups excluding carboxylic acids is 1. The van der Waals surface area contributed by atoms with Crippen LogP contribution in [-0.4, -0.2) is 77.1 Å². The Morgan fingerprint density at radius 2 is 0.947 bits per heavy atom. The number of hydrogen-bond acceptors (Lipinski definition) is 11. The van der Waals surface area contributed by atoms with E-state index in [1.165, 1.54) is 18.3 Å². The fourth-order valence-electron chi connectivity index (χ4n) is 6.37. The molecule has 0 saturated heterocycles. The standard InChI is InChI=1S/C21H10Cl3F7N4OS.C16H5Cl3F7N3O2S.C4H6N2/c22-11-3-9(19(25,20(26,27)28)21(29,30)31)4-12(23)16(11)35-7-13(33-34-35)15-5-10(17(24)37-15)14(36)6-18(8-32)1-2-18;17-7-1-5(14(20,15(21,22)23)16(24,25)26)2-8(18)11(7)29-4-9(27-28-29)10-3-6(13(30)31)12(19)32-10;5-3-4(6)1-2-4/h3-5,7H,1-2,6H2;1-4H,(H,30,31);1-2,6H2. The van der Waals surface area contributed by atoms with Gasteiger partial charge in [0.2, 0.25) is 0 Å². The van der Waals surface area contributed by atoms with Gasteiger partial charge in [-0.3, -0.25) is 4.79 Å². The van der Waals surface area contributed by atoms with Crippen LogP contribution in [0.15, 0.2) is 48.8 Å². The van der Waals surface area contributed by atoms with E-state index in [1.54, 1.807) is 0 Å². The van der Waals surface area contributed by atoms with Gasteiger partial charge in [0.1, 0.15) is 37.0 Å². The molecule has 34 heteroatoms. The molecule has 4 aromatic heterocycles. The van der Waals surface area contributed by atoms with Gasteiger partial charge < -0.3 is 10.8 Å². The van der Waals surface area contributed by atoms with Crippen LogP contribution in [0.25, 0.3) is 32.5 Å². The molecule has 6 aromatic rings. The number of halogens is 20. The SMILES string of the molecule is N#CC1(CC(=O)c2cc(-c3cn(-c4c(Cl)cc(C(F)(C(F)(F)F)C(F)(F)F)cc4Cl)nn3)sc2Cl)CC1.N#CC1(N)CC1.O=C(O)c1cc(-c2cn(-c3c(Cl)cc(C(F)(C(F)(F)F)C(F)(F)F)cc3Cl)nn2)sc1Cl. The van der Waals surface area contributed by atoms with Crippen LogP contribution in [0.1, 0.15) is 63.9 Å². The second kappa shape index (κ2) is 20.7. The van der Waals surface area contributed by atoms with Gasteiger partial charge in [-0.1, -0.05) is 80.0 Å². The lowest BCUT2D eigenvalue weighted by Crippen LogP contribution is -2.50. The highest BCUT2D eigenvalue weighted by atomic mass is 35.5. The first-order valence-corrected chi connectivity index (χ1v) is 23.7. The maximum Gasteiger partial charge on any atom is 0.435 e. The minimum Gasteiger partial charge on any atom is -0.478 e. The van der Waals surface area contributed by atoms with Gasteiger partial charge in [-0.15, -0.1) is 32.9 Å². The number of carboxylic acids is 1. The number of nitrogens with two attached hydrogens (primary N) is 1. The number of alkyl halides is 14. The fraction of sp³-hybridized carbons (Fsp3) is 0.317. The van der Waals surface area contributed by atoms with E-state index in [0.29, 0.717) is 17.7 Å². The first-order valence-electron chi connectivity index (χ1n) is 19.8. The minimum absolute atomic E-state index is 0.00440. The van der Waals surface area contributed by atoms with Gasteiger partial charge in [0.25, 0.3) is 0 Å². The third-order valence-corrected chi connectivity index (χ3v) is 14.8. The van der Waals surface area contributed by atoms with Gasteiger partial charge >= 0.3 is 42.0 Å². The van der Waals surface area contributed by atoms with Crippen molar-refractivity contribution in [2.45, 2.75) is 73.7 Å².